The second-order valence-corrected chi connectivity index (χ2v) is 6.52. The van der Waals surface area contributed by atoms with Gasteiger partial charge in [0.15, 0.2) is 0 Å². The van der Waals surface area contributed by atoms with Gasteiger partial charge in [0.1, 0.15) is 6.10 Å². The molecule has 1 N–H and O–H groups in total. The summed E-state index contributed by atoms with van der Waals surface area (Å²) < 4.78 is 5.48. The number of ether oxygens (including phenoxy) is 1. The number of carbonyl (C=O) groups excluding carboxylic acids is 2. The normalized spacial score (nSPS) is 31.1. The van der Waals surface area contributed by atoms with E-state index in [9.17, 15) is 9.59 Å². The zero-order valence-electron chi connectivity index (χ0n) is 12.1. The molecule has 0 radical (unpaired) electrons. The minimum Gasteiger partial charge on any atom is -0.455 e. The highest BCUT2D eigenvalue weighted by Crippen LogP contribution is 2.35. The van der Waals surface area contributed by atoms with Crippen molar-refractivity contribution in [1.82, 2.24) is 5.32 Å². The molecule has 0 aromatic rings. The Morgan fingerprint density at radius 2 is 1.84 bits per heavy atom. The monoisotopic (exact) mass is 267 g/mol. The van der Waals surface area contributed by atoms with Gasteiger partial charge in [0.25, 0.3) is 0 Å². The van der Waals surface area contributed by atoms with Gasteiger partial charge >= 0.3 is 11.9 Å². The molecule has 2 aliphatic rings. The first kappa shape index (κ1) is 14.4. The Labute approximate surface area is 115 Å². The largest absolute Gasteiger partial charge is 0.455 e. The van der Waals surface area contributed by atoms with Gasteiger partial charge in [-0.2, -0.15) is 0 Å². The predicted molar refractivity (Wildman–Crippen MR) is 72.4 cm³/mol. The average Bonchev–Trinajstić information content (AvgIpc) is 3.12. The number of amides is 1. The van der Waals surface area contributed by atoms with Crippen molar-refractivity contribution in [3.8, 4) is 0 Å². The minimum absolute atomic E-state index is 0.0961. The summed E-state index contributed by atoms with van der Waals surface area (Å²) in [5, 5.41) is 2.69. The molecule has 0 saturated heterocycles. The van der Waals surface area contributed by atoms with Gasteiger partial charge in [-0.25, -0.2) is 4.79 Å². The first-order valence-electron chi connectivity index (χ1n) is 7.48. The minimum atomic E-state index is -0.698. The number of hydrogen-bond donors (Lipinski definition) is 1. The number of hydrogen-bond acceptors (Lipinski definition) is 3. The first-order valence-corrected chi connectivity index (χ1v) is 7.48. The number of nitrogens with one attached hydrogen (secondary N) is 1. The number of rotatable bonds is 3. The Morgan fingerprint density at radius 3 is 2.42 bits per heavy atom. The van der Waals surface area contributed by atoms with E-state index in [-0.39, 0.29) is 12.1 Å². The fraction of sp³-hybridized carbons (Fsp3) is 0.867. The molecule has 4 nitrogen and oxygen atoms in total. The van der Waals surface area contributed by atoms with Gasteiger partial charge in [-0.3, -0.25) is 4.79 Å². The third-order valence-electron chi connectivity index (χ3n) is 4.32. The van der Waals surface area contributed by atoms with Crippen LogP contribution >= 0.6 is 0 Å². The molecular weight excluding hydrogens is 242 g/mol. The fourth-order valence-corrected chi connectivity index (χ4v) is 2.91. The van der Waals surface area contributed by atoms with Crippen LogP contribution in [0.3, 0.4) is 0 Å². The molecule has 2 aliphatic carbocycles. The van der Waals surface area contributed by atoms with E-state index >= 15 is 0 Å². The Hall–Kier alpha value is -1.06. The highest BCUT2D eigenvalue weighted by atomic mass is 16.5. The lowest BCUT2D eigenvalue weighted by Crippen LogP contribution is -2.41. The van der Waals surface area contributed by atoms with Gasteiger partial charge in [0.05, 0.1) is 0 Å². The van der Waals surface area contributed by atoms with Crippen molar-refractivity contribution in [2.24, 2.45) is 17.8 Å². The molecule has 19 heavy (non-hydrogen) atoms. The second kappa shape index (κ2) is 5.93. The lowest BCUT2D eigenvalue weighted by atomic mass is 9.75. The molecule has 0 aromatic heterocycles. The Bertz CT molecular complexity index is 349. The highest BCUT2D eigenvalue weighted by Gasteiger charge is 2.35. The highest BCUT2D eigenvalue weighted by molar-refractivity contribution is 6.32. The van der Waals surface area contributed by atoms with E-state index in [0.717, 1.165) is 25.7 Å². The van der Waals surface area contributed by atoms with Crippen LogP contribution in [0.4, 0.5) is 0 Å². The van der Waals surface area contributed by atoms with Crippen molar-refractivity contribution >= 4 is 11.9 Å². The van der Waals surface area contributed by atoms with E-state index in [4.69, 9.17) is 4.74 Å². The molecule has 0 heterocycles. The van der Waals surface area contributed by atoms with Gasteiger partial charge in [0.2, 0.25) is 0 Å². The SMILES string of the molecule is CC(C)[C@@H]1CC[C@@H](C)C[C@@H]1OC(=O)C(=O)NC1CC1. The van der Waals surface area contributed by atoms with Gasteiger partial charge < -0.3 is 10.1 Å². The van der Waals surface area contributed by atoms with Crippen LogP contribution in [0, 0.1) is 17.8 Å². The third-order valence-corrected chi connectivity index (χ3v) is 4.32. The fourth-order valence-electron chi connectivity index (χ4n) is 2.91. The topological polar surface area (TPSA) is 55.4 Å². The van der Waals surface area contributed by atoms with Crippen LogP contribution in [0.5, 0.6) is 0 Å². The van der Waals surface area contributed by atoms with Crippen molar-refractivity contribution in [3.63, 3.8) is 0 Å². The molecule has 1 amide bonds. The van der Waals surface area contributed by atoms with E-state index in [1.807, 2.05) is 0 Å². The van der Waals surface area contributed by atoms with E-state index in [1.165, 1.54) is 6.42 Å². The maximum absolute atomic E-state index is 11.8. The molecule has 3 atom stereocenters. The van der Waals surface area contributed by atoms with Crippen LogP contribution in [0.25, 0.3) is 0 Å². The molecule has 0 unspecified atom stereocenters. The Kier molecular flexibility index (Phi) is 4.48. The summed E-state index contributed by atoms with van der Waals surface area (Å²) >= 11 is 0. The molecule has 4 heteroatoms. The smallest absolute Gasteiger partial charge is 0.397 e. The second-order valence-electron chi connectivity index (χ2n) is 6.52. The van der Waals surface area contributed by atoms with Gasteiger partial charge in [-0.1, -0.05) is 27.2 Å². The van der Waals surface area contributed by atoms with E-state index in [0.29, 0.717) is 17.8 Å². The summed E-state index contributed by atoms with van der Waals surface area (Å²) in [6.45, 7) is 6.50. The molecule has 0 aromatic carbocycles. The zero-order valence-corrected chi connectivity index (χ0v) is 12.1. The van der Waals surface area contributed by atoms with Crippen LogP contribution in [-0.4, -0.2) is 24.0 Å². The predicted octanol–water partition coefficient (Wildman–Crippen LogP) is 2.27. The van der Waals surface area contributed by atoms with E-state index in [1.54, 1.807) is 0 Å². The van der Waals surface area contributed by atoms with Crippen molar-refractivity contribution in [2.45, 2.75) is 65.0 Å². The molecule has 2 fully saturated rings. The molecule has 0 bridgehead atoms. The Balaban J connectivity index is 1.89. The number of esters is 1. The summed E-state index contributed by atoms with van der Waals surface area (Å²) in [6.07, 6.45) is 5.01. The molecule has 0 aliphatic heterocycles. The van der Waals surface area contributed by atoms with Gasteiger partial charge in [-0.05, 0) is 43.4 Å². The van der Waals surface area contributed by atoms with Crippen LogP contribution in [0.1, 0.15) is 52.9 Å². The number of carbonyl (C=O) groups is 2. The maximum atomic E-state index is 11.8. The van der Waals surface area contributed by atoms with Crippen LogP contribution in [0.15, 0.2) is 0 Å². The first-order chi connectivity index (χ1) is 8.97. The third kappa shape index (κ3) is 3.95. The van der Waals surface area contributed by atoms with Crippen molar-refractivity contribution in [3.05, 3.63) is 0 Å². The zero-order chi connectivity index (χ0) is 14.0. The molecule has 108 valence electrons. The lowest BCUT2D eigenvalue weighted by Gasteiger charge is -2.36. The summed E-state index contributed by atoms with van der Waals surface area (Å²) in [4.78, 5) is 23.5. The van der Waals surface area contributed by atoms with Crippen molar-refractivity contribution in [2.75, 3.05) is 0 Å². The van der Waals surface area contributed by atoms with E-state index < -0.39 is 11.9 Å². The standard InChI is InChI=1S/C15H25NO3/c1-9(2)12-7-4-10(3)8-13(12)19-15(18)14(17)16-11-5-6-11/h9-13H,4-8H2,1-3H3,(H,16,17)/t10-,12+,13+/m1/s1. The molecule has 2 saturated carbocycles. The van der Waals surface area contributed by atoms with Crippen LogP contribution < -0.4 is 5.32 Å². The van der Waals surface area contributed by atoms with Gasteiger partial charge in [-0.15, -0.1) is 0 Å². The average molecular weight is 267 g/mol. The summed E-state index contributed by atoms with van der Waals surface area (Å²) in [7, 11) is 0. The summed E-state index contributed by atoms with van der Waals surface area (Å²) in [5.74, 6) is 0.171. The van der Waals surface area contributed by atoms with Crippen LogP contribution in [0.2, 0.25) is 0 Å². The van der Waals surface area contributed by atoms with Crippen molar-refractivity contribution < 1.29 is 14.3 Å². The molecule has 0 spiro atoms. The Morgan fingerprint density at radius 1 is 1.16 bits per heavy atom. The quantitative estimate of drug-likeness (QED) is 0.630. The summed E-state index contributed by atoms with van der Waals surface area (Å²) in [6, 6.07) is 0.200. The van der Waals surface area contributed by atoms with Crippen molar-refractivity contribution in [1.29, 1.82) is 0 Å². The summed E-state index contributed by atoms with van der Waals surface area (Å²) in [5.41, 5.74) is 0. The van der Waals surface area contributed by atoms with Gasteiger partial charge in [0, 0.05) is 6.04 Å². The van der Waals surface area contributed by atoms with Crippen LogP contribution in [-0.2, 0) is 14.3 Å². The van der Waals surface area contributed by atoms with E-state index in [2.05, 4.69) is 26.1 Å². The lowest BCUT2D eigenvalue weighted by molar-refractivity contribution is -0.164. The molecule has 2 rings (SSSR count). The molecular formula is C15H25NO3. The maximum Gasteiger partial charge on any atom is 0.397 e.